The Morgan fingerprint density at radius 2 is 2.00 bits per heavy atom. The van der Waals surface area contributed by atoms with Gasteiger partial charge in [-0.3, -0.25) is 4.79 Å². The standard InChI is InChI=1S/C16H24N4O/c1-3-20(12-13-7-5-4-6-8-13)15(21)11-18-16(17)19(2)14-9-10-14/h4-8,14H,3,9-12H2,1-2H3,(H2,17,18). The van der Waals surface area contributed by atoms with Crippen molar-refractivity contribution in [2.45, 2.75) is 32.4 Å². The van der Waals surface area contributed by atoms with Gasteiger partial charge in [0.15, 0.2) is 5.96 Å². The van der Waals surface area contributed by atoms with Gasteiger partial charge in [0.25, 0.3) is 0 Å². The Morgan fingerprint density at radius 3 is 2.57 bits per heavy atom. The third-order valence-electron chi connectivity index (χ3n) is 3.78. The average molecular weight is 288 g/mol. The Labute approximate surface area is 126 Å². The summed E-state index contributed by atoms with van der Waals surface area (Å²) in [4.78, 5) is 20.2. The molecule has 1 saturated carbocycles. The van der Waals surface area contributed by atoms with Crippen molar-refractivity contribution < 1.29 is 4.79 Å². The monoisotopic (exact) mass is 288 g/mol. The number of likely N-dealkylation sites (N-methyl/N-ethyl adjacent to an activating group) is 1. The molecule has 1 aliphatic rings. The number of guanidine groups is 1. The van der Waals surface area contributed by atoms with E-state index in [0.29, 0.717) is 25.1 Å². The average Bonchev–Trinajstić information content (AvgIpc) is 3.35. The molecule has 0 aromatic heterocycles. The highest BCUT2D eigenvalue weighted by Crippen LogP contribution is 2.24. The smallest absolute Gasteiger partial charge is 0.244 e. The fourth-order valence-corrected chi connectivity index (χ4v) is 2.19. The summed E-state index contributed by atoms with van der Waals surface area (Å²) < 4.78 is 0. The number of amides is 1. The molecule has 0 saturated heterocycles. The maximum Gasteiger partial charge on any atom is 0.244 e. The fourth-order valence-electron chi connectivity index (χ4n) is 2.19. The van der Waals surface area contributed by atoms with Crippen LogP contribution in [0.1, 0.15) is 25.3 Å². The van der Waals surface area contributed by atoms with Crippen molar-refractivity contribution >= 4 is 11.9 Å². The summed E-state index contributed by atoms with van der Waals surface area (Å²) in [5, 5.41) is 0. The van der Waals surface area contributed by atoms with Crippen molar-refractivity contribution in [3.05, 3.63) is 35.9 Å². The number of nitrogens with zero attached hydrogens (tertiary/aromatic N) is 3. The van der Waals surface area contributed by atoms with E-state index in [0.717, 1.165) is 18.4 Å². The van der Waals surface area contributed by atoms with Crippen LogP contribution in [0.3, 0.4) is 0 Å². The maximum absolute atomic E-state index is 12.2. The molecule has 2 rings (SSSR count). The van der Waals surface area contributed by atoms with Crippen molar-refractivity contribution in [3.8, 4) is 0 Å². The Morgan fingerprint density at radius 1 is 1.33 bits per heavy atom. The number of hydrogen-bond donors (Lipinski definition) is 1. The van der Waals surface area contributed by atoms with Crippen LogP contribution in [-0.2, 0) is 11.3 Å². The van der Waals surface area contributed by atoms with E-state index in [1.807, 2.05) is 49.2 Å². The van der Waals surface area contributed by atoms with Gasteiger partial charge in [0, 0.05) is 26.2 Å². The van der Waals surface area contributed by atoms with E-state index in [2.05, 4.69) is 4.99 Å². The number of carbonyl (C=O) groups excluding carboxylic acids is 1. The molecule has 1 aromatic carbocycles. The molecule has 1 amide bonds. The first kappa shape index (κ1) is 15.4. The molecule has 2 N–H and O–H groups in total. The van der Waals surface area contributed by atoms with Crippen LogP contribution in [0.4, 0.5) is 0 Å². The van der Waals surface area contributed by atoms with E-state index in [9.17, 15) is 4.79 Å². The van der Waals surface area contributed by atoms with Gasteiger partial charge >= 0.3 is 0 Å². The number of rotatable bonds is 6. The van der Waals surface area contributed by atoms with Crippen LogP contribution in [0.5, 0.6) is 0 Å². The lowest BCUT2D eigenvalue weighted by atomic mass is 10.2. The van der Waals surface area contributed by atoms with Gasteiger partial charge in [0.05, 0.1) is 0 Å². The summed E-state index contributed by atoms with van der Waals surface area (Å²) in [7, 11) is 1.93. The second-order valence-corrected chi connectivity index (χ2v) is 5.41. The van der Waals surface area contributed by atoms with E-state index in [-0.39, 0.29) is 12.5 Å². The lowest BCUT2D eigenvalue weighted by Crippen LogP contribution is -2.38. The summed E-state index contributed by atoms with van der Waals surface area (Å²) >= 11 is 0. The van der Waals surface area contributed by atoms with E-state index in [4.69, 9.17) is 5.73 Å². The normalized spacial score (nSPS) is 14.9. The Bertz CT molecular complexity index is 496. The van der Waals surface area contributed by atoms with E-state index in [1.165, 1.54) is 0 Å². The Hall–Kier alpha value is -2.04. The predicted octanol–water partition coefficient (Wildman–Crippen LogP) is 1.44. The minimum absolute atomic E-state index is 0.00787. The fraction of sp³-hybridized carbons (Fsp3) is 0.500. The van der Waals surface area contributed by atoms with Gasteiger partial charge in [-0.25, -0.2) is 4.99 Å². The van der Waals surface area contributed by atoms with Crippen LogP contribution < -0.4 is 5.73 Å². The number of carbonyl (C=O) groups is 1. The highest BCUT2D eigenvalue weighted by molar-refractivity contribution is 5.84. The molecule has 0 atom stereocenters. The van der Waals surface area contributed by atoms with Crippen LogP contribution in [0, 0.1) is 0 Å². The number of benzene rings is 1. The molecule has 5 heteroatoms. The van der Waals surface area contributed by atoms with Crippen molar-refractivity contribution in [1.29, 1.82) is 0 Å². The van der Waals surface area contributed by atoms with Gasteiger partial charge in [0.1, 0.15) is 6.54 Å². The second kappa shape index (κ2) is 7.11. The SMILES string of the molecule is CCN(Cc1ccccc1)C(=O)CN=C(N)N(C)C1CC1. The predicted molar refractivity (Wildman–Crippen MR) is 84.8 cm³/mol. The van der Waals surface area contributed by atoms with Crippen LogP contribution in [0.2, 0.25) is 0 Å². The zero-order valence-corrected chi connectivity index (χ0v) is 12.8. The van der Waals surface area contributed by atoms with E-state index >= 15 is 0 Å². The summed E-state index contributed by atoms with van der Waals surface area (Å²) in [6.45, 7) is 3.37. The molecule has 1 aromatic rings. The van der Waals surface area contributed by atoms with Crippen molar-refractivity contribution in [2.24, 2.45) is 10.7 Å². The van der Waals surface area contributed by atoms with Crippen molar-refractivity contribution in [3.63, 3.8) is 0 Å². The molecule has 0 heterocycles. The number of nitrogens with two attached hydrogens (primary N) is 1. The molecule has 0 aliphatic heterocycles. The molecular weight excluding hydrogens is 264 g/mol. The molecule has 1 aliphatic carbocycles. The second-order valence-electron chi connectivity index (χ2n) is 5.41. The molecule has 0 unspecified atom stereocenters. The topological polar surface area (TPSA) is 61.9 Å². The lowest BCUT2D eigenvalue weighted by molar-refractivity contribution is -0.130. The summed E-state index contributed by atoms with van der Waals surface area (Å²) in [5.74, 6) is 0.468. The first-order valence-electron chi connectivity index (χ1n) is 7.46. The quantitative estimate of drug-likeness (QED) is 0.636. The number of hydrogen-bond acceptors (Lipinski definition) is 2. The maximum atomic E-state index is 12.2. The zero-order chi connectivity index (χ0) is 15.2. The van der Waals surface area contributed by atoms with Gasteiger partial charge in [-0.05, 0) is 25.3 Å². The summed E-state index contributed by atoms with van der Waals surface area (Å²) in [6, 6.07) is 10.5. The van der Waals surface area contributed by atoms with Crippen LogP contribution >= 0.6 is 0 Å². The molecule has 0 radical (unpaired) electrons. The third kappa shape index (κ3) is 4.48. The van der Waals surface area contributed by atoms with Crippen molar-refractivity contribution in [2.75, 3.05) is 20.1 Å². The summed E-state index contributed by atoms with van der Waals surface area (Å²) in [6.07, 6.45) is 2.32. The van der Waals surface area contributed by atoms with Crippen LogP contribution in [0.15, 0.2) is 35.3 Å². The molecular formula is C16H24N4O. The van der Waals surface area contributed by atoms with Crippen LogP contribution in [0.25, 0.3) is 0 Å². The van der Waals surface area contributed by atoms with Gasteiger partial charge < -0.3 is 15.5 Å². The molecule has 114 valence electrons. The van der Waals surface area contributed by atoms with Gasteiger partial charge in [0.2, 0.25) is 5.91 Å². The van der Waals surface area contributed by atoms with Crippen molar-refractivity contribution in [1.82, 2.24) is 9.80 Å². The lowest BCUT2D eigenvalue weighted by Gasteiger charge is -2.21. The first-order valence-corrected chi connectivity index (χ1v) is 7.46. The van der Waals surface area contributed by atoms with Crippen LogP contribution in [-0.4, -0.2) is 47.8 Å². The van der Waals surface area contributed by atoms with Gasteiger partial charge in [-0.2, -0.15) is 0 Å². The Balaban J connectivity index is 1.89. The molecule has 21 heavy (non-hydrogen) atoms. The summed E-state index contributed by atoms with van der Waals surface area (Å²) in [5.41, 5.74) is 7.03. The van der Waals surface area contributed by atoms with Gasteiger partial charge in [-0.1, -0.05) is 30.3 Å². The molecule has 1 fully saturated rings. The van der Waals surface area contributed by atoms with Gasteiger partial charge in [-0.15, -0.1) is 0 Å². The minimum atomic E-state index is 0.00787. The minimum Gasteiger partial charge on any atom is -0.370 e. The highest BCUT2D eigenvalue weighted by atomic mass is 16.2. The third-order valence-corrected chi connectivity index (χ3v) is 3.78. The number of aliphatic imine (C=N–C) groups is 1. The highest BCUT2D eigenvalue weighted by Gasteiger charge is 2.27. The first-order chi connectivity index (χ1) is 10.1. The molecule has 0 spiro atoms. The zero-order valence-electron chi connectivity index (χ0n) is 12.8. The molecule has 0 bridgehead atoms. The molecule has 5 nitrogen and oxygen atoms in total. The van der Waals surface area contributed by atoms with E-state index < -0.39 is 0 Å². The Kier molecular flexibility index (Phi) is 5.20. The van der Waals surface area contributed by atoms with E-state index in [1.54, 1.807) is 4.90 Å². The largest absolute Gasteiger partial charge is 0.370 e.